The molecule has 0 radical (unpaired) electrons. The van der Waals surface area contributed by atoms with Gasteiger partial charge in [-0.2, -0.15) is 5.10 Å². The summed E-state index contributed by atoms with van der Waals surface area (Å²) in [4.78, 5) is 25.5. The molecule has 3 rings (SSSR count). The molecule has 2 aliphatic heterocycles. The number of aryl methyl sites for hydroxylation is 2. The lowest BCUT2D eigenvalue weighted by molar-refractivity contribution is -0.139. The van der Waals surface area contributed by atoms with Gasteiger partial charge in [0.25, 0.3) is 0 Å². The Hall–Kier alpha value is -1.89. The number of aromatic amines is 1. The molecule has 0 aromatic carbocycles. The molecule has 3 heterocycles. The number of carbonyl (C=O) groups excluding carboxylic acids is 1. The highest BCUT2D eigenvalue weighted by atomic mass is 16.4. The molecule has 0 bridgehead atoms. The van der Waals surface area contributed by atoms with Crippen molar-refractivity contribution in [2.75, 3.05) is 19.6 Å². The van der Waals surface area contributed by atoms with E-state index in [0.29, 0.717) is 12.8 Å². The van der Waals surface area contributed by atoms with Crippen molar-refractivity contribution in [3.8, 4) is 0 Å². The number of aliphatic carboxylic acids is 1. The molecule has 1 unspecified atom stereocenters. The summed E-state index contributed by atoms with van der Waals surface area (Å²) in [5.41, 5.74) is 3.20. The molecule has 2 saturated heterocycles. The van der Waals surface area contributed by atoms with Gasteiger partial charge in [-0.1, -0.05) is 0 Å². The zero-order chi connectivity index (χ0) is 17.3. The lowest BCUT2D eigenvalue weighted by Gasteiger charge is -2.39. The maximum Gasteiger partial charge on any atom is 0.320 e. The van der Waals surface area contributed by atoms with Crippen LogP contribution in [0.25, 0.3) is 0 Å². The Morgan fingerprint density at radius 1 is 1.33 bits per heavy atom. The van der Waals surface area contributed by atoms with E-state index >= 15 is 0 Å². The second-order valence-corrected chi connectivity index (χ2v) is 7.27. The summed E-state index contributed by atoms with van der Waals surface area (Å²) in [6.07, 6.45) is 3.68. The van der Waals surface area contributed by atoms with Gasteiger partial charge in [0.15, 0.2) is 0 Å². The highest BCUT2D eigenvalue weighted by Gasteiger charge is 2.44. The molecule has 2 aliphatic rings. The van der Waals surface area contributed by atoms with Crippen molar-refractivity contribution in [1.29, 1.82) is 0 Å². The minimum atomic E-state index is -0.767. The van der Waals surface area contributed by atoms with E-state index in [2.05, 4.69) is 15.5 Å². The van der Waals surface area contributed by atoms with Gasteiger partial charge in [0.2, 0.25) is 5.91 Å². The maximum absolute atomic E-state index is 12.5. The molecule has 7 heteroatoms. The van der Waals surface area contributed by atoms with E-state index < -0.39 is 12.0 Å². The second-order valence-electron chi connectivity index (χ2n) is 7.27. The minimum Gasteiger partial charge on any atom is -0.480 e. The summed E-state index contributed by atoms with van der Waals surface area (Å²) in [7, 11) is 0. The smallest absolute Gasteiger partial charge is 0.320 e. The van der Waals surface area contributed by atoms with Crippen molar-refractivity contribution in [3.05, 3.63) is 17.0 Å². The Morgan fingerprint density at radius 2 is 2.04 bits per heavy atom. The molecule has 1 atom stereocenters. The third-order valence-corrected chi connectivity index (χ3v) is 5.71. The molecule has 24 heavy (non-hydrogen) atoms. The van der Waals surface area contributed by atoms with Crippen molar-refractivity contribution in [3.63, 3.8) is 0 Å². The van der Waals surface area contributed by atoms with Crippen molar-refractivity contribution >= 4 is 11.9 Å². The van der Waals surface area contributed by atoms with Gasteiger partial charge in [0, 0.05) is 31.7 Å². The summed E-state index contributed by atoms with van der Waals surface area (Å²) in [6, 6.07) is -0.431. The Balaban J connectivity index is 1.50. The summed E-state index contributed by atoms with van der Waals surface area (Å²) in [6.45, 7) is 6.15. The fraction of sp³-hybridized carbons (Fsp3) is 0.706. The number of rotatable bonds is 4. The van der Waals surface area contributed by atoms with Crippen LogP contribution in [-0.4, -0.2) is 57.8 Å². The van der Waals surface area contributed by atoms with Crippen LogP contribution in [0.4, 0.5) is 0 Å². The number of carbonyl (C=O) groups is 2. The average Bonchev–Trinajstić information content (AvgIpc) is 3.11. The predicted octanol–water partition coefficient (Wildman–Crippen LogP) is 1.01. The van der Waals surface area contributed by atoms with Crippen molar-refractivity contribution in [2.24, 2.45) is 5.41 Å². The first-order valence-electron chi connectivity index (χ1n) is 8.65. The number of likely N-dealkylation sites (tertiary alicyclic amines) is 1. The van der Waals surface area contributed by atoms with E-state index in [9.17, 15) is 9.59 Å². The van der Waals surface area contributed by atoms with E-state index in [1.54, 1.807) is 0 Å². The number of carboxylic acid groups (broad SMARTS) is 1. The molecular formula is C17H26N4O3. The van der Waals surface area contributed by atoms with Gasteiger partial charge >= 0.3 is 5.97 Å². The maximum atomic E-state index is 12.5. The van der Waals surface area contributed by atoms with E-state index in [0.717, 1.165) is 55.8 Å². The fourth-order valence-electron chi connectivity index (χ4n) is 4.04. The van der Waals surface area contributed by atoms with Crippen LogP contribution in [-0.2, 0) is 16.0 Å². The van der Waals surface area contributed by atoms with Gasteiger partial charge in [0.1, 0.15) is 6.04 Å². The number of hydrogen-bond acceptors (Lipinski definition) is 4. The summed E-state index contributed by atoms with van der Waals surface area (Å²) >= 11 is 0. The molecule has 0 saturated carbocycles. The Labute approximate surface area is 141 Å². The van der Waals surface area contributed by atoms with Gasteiger partial charge in [-0.05, 0) is 50.5 Å². The van der Waals surface area contributed by atoms with Crippen LogP contribution in [0.3, 0.4) is 0 Å². The largest absolute Gasteiger partial charge is 0.480 e. The zero-order valence-electron chi connectivity index (χ0n) is 14.4. The van der Waals surface area contributed by atoms with Gasteiger partial charge in [-0.25, -0.2) is 0 Å². The Morgan fingerprint density at radius 3 is 2.58 bits per heavy atom. The number of nitrogens with one attached hydrogen (secondary N) is 2. The molecule has 1 amide bonds. The number of carboxylic acids is 1. The average molecular weight is 334 g/mol. The summed E-state index contributed by atoms with van der Waals surface area (Å²) < 4.78 is 0. The lowest BCUT2D eigenvalue weighted by atomic mass is 9.76. The van der Waals surface area contributed by atoms with Crippen LogP contribution in [0.5, 0.6) is 0 Å². The topological polar surface area (TPSA) is 98.3 Å². The van der Waals surface area contributed by atoms with Gasteiger partial charge in [-0.3, -0.25) is 14.7 Å². The van der Waals surface area contributed by atoms with E-state index in [-0.39, 0.29) is 11.3 Å². The van der Waals surface area contributed by atoms with Gasteiger partial charge in [-0.15, -0.1) is 0 Å². The number of piperidine rings is 1. The molecule has 1 aromatic rings. The van der Waals surface area contributed by atoms with E-state index in [4.69, 9.17) is 5.11 Å². The quantitative estimate of drug-likeness (QED) is 0.763. The first kappa shape index (κ1) is 17.0. The van der Waals surface area contributed by atoms with Crippen LogP contribution in [0.2, 0.25) is 0 Å². The highest BCUT2D eigenvalue weighted by molar-refractivity contribution is 5.77. The molecule has 3 N–H and O–H groups in total. The monoisotopic (exact) mass is 334 g/mol. The molecule has 1 aromatic heterocycles. The minimum absolute atomic E-state index is 0.0531. The molecule has 2 fully saturated rings. The molecule has 0 aliphatic carbocycles. The van der Waals surface area contributed by atoms with Gasteiger partial charge in [0.05, 0.1) is 5.69 Å². The SMILES string of the molecule is Cc1n[nH]c(C)c1CCC(=O)N1CCC2(CC1)CNC(C(=O)O)C2. The summed E-state index contributed by atoms with van der Waals surface area (Å²) in [5, 5.41) is 19.4. The number of aromatic nitrogens is 2. The van der Waals surface area contributed by atoms with Crippen LogP contribution >= 0.6 is 0 Å². The van der Waals surface area contributed by atoms with Crippen molar-refractivity contribution in [1.82, 2.24) is 20.4 Å². The summed E-state index contributed by atoms with van der Waals surface area (Å²) in [5.74, 6) is -0.582. The predicted molar refractivity (Wildman–Crippen MR) is 88.7 cm³/mol. The van der Waals surface area contributed by atoms with Crippen LogP contribution < -0.4 is 5.32 Å². The van der Waals surface area contributed by atoms with E-state index in [1.807, 2.05) is 18.7 Å². The molecule has 7 nitrogen and oxygen atoms in total. The Bertz CT molecular complexity index is 612. The van der Waals surface area contributed by atoms with Crippen LogP contribution in [0.15, 0.2) is 0 Å². The third kappa shape index (κ3) is 3.31. The van der Waals surface area contributed by atoms with Crippen molar-refractivity contribution in [2.45, 2.75) is 52.0 Å². The zero-order valence-corrected chi connectivity index (χ0v) is 14.4. The first-order chi connectivity index (χ1) is 11.4. The van der Waals surface area contributed by atoms with Gasteiger partial charge < -0.3 is 15.3 Å². The number of nitrogens with zero attached hydrogens (tertiary/aromatic N) is 2. The van der Waals surface area contributed by atoms with E-state index in [1.165, 1.54) is 0 Å². The highest BCUT2D eigenvalue weighted by Crippen LogP contribution is 2.39. The lowest BCUT2D eigenvalue weighted by Crippen LogP contribution is -2.44. The number of H-pyrrole nitrogens is 1. The first-order valence-corrected chi connectivity index (χ1v) is 8.65. The molecule has 1 spiro atoms. The van der Waals surface area contributed by atoms with Crippen LogP contribution in [0, 0.1) is 19.3 Å². The van der Waals surface area contributed by atoms with Crippen molar-refractivity contribution < 1.29 is 14.7 Å². The number of amides is 1. The van der Waals surface area contributed by atoms with Crippen LogP contribution in [0.1, 0.15) is 42.6 Å². The standard InChI is InChI=1S/C17H26N4O3/c1-11-13(12(2)20-19-11)3-4-15(22)21-7-5-17(6-8-21)9-14(16(23)24)18-10-17/h14,18H,3-10H2,1-2H3,(H,19,20)(H,23,24). The normalized spacial score (nSPS) is 22.9. The third-order valence-electron chi connectivity index (χ3n) is 5.71. The number of hydrogen-bond donors (Lipinski definition) is 3. The Kier molecular flexibility index (Phi) is 4.62. The second kappa shape index (κ2) is 6.55. The molecular weight excluding hydrogens is 308 g/mol. The molecule has 132 valence electrons. The fourth-order valence-corrected chi connectivity index (χ4v) is 4.04.